The summed E-state index contributed by atoms with van der Waals surface area (Å²) in [5.74, 6) is 0.206. The van der Waals surface area contributed by atoms with Gasteiger partial charge in [-0.15, -0.1) is 10.2 Å². The lowest BCUT2D eigenvalue weighted by Crippen LogP contribution is -2.03. The van der Waals surface area contributed by atoms with Gasteiger partial charge in [0.2, 0.25) is 0 Å². The van der Waals surface area contributed by atoms with E-state index in [0.29, 0.717) is 5.75 Å². The van der Waals surface area contributed by atoms with E-state index in [4.69, 9.17) is 9.15 Å². The van der Waals surface area contributed by atoms with Crippen molar-refractivity contribution in [1.29, 1.82) is 0 Å². The SMILES string of the molecule is COc1cc(CSc2nnc(-c3ccccc3F)o2)ccc1OC(F)F. The minimum absolute atomic E-state index is 0.0455. The molecule has 3 aromatic rings. The fourth-order valence-corrected chi connectivity index (χ4v) is 2.86. The lowest BCUT2D eigenvalue weighted by molar-refractivity contribution is -0.0512. The number of rotatable bonds is 7. The predicted molar refractivity (Wildman–Crippen MR) is 88.9 cm³/mol. The van der Waals surface area contributed by atoms with E-state index < -0.39 is 12.4 Å². The van der Waals surface area contributed by atoms with Crippen LogP contribution in [0.25, 0.3) is 11.5 Å². The Kier molecular flexibility index (Phi) is 5.67. The molecule has 5 nitrogen and oxygen atoms in total. The summed E-state index contributed by atoms with van der Waals surface area (Å²) in [5, 5.41) is 7.97. The summed E-state index contributed by atoms with van der Waals surface area (Å²) in [6.45, 7) is -2.93. The first-order valence-electron chi connectivity index (χ1n) is 7.39. The summed E-state index contributed by atoms with van der Waals surface area (Å²) in [5.41, 5.74) is 1.00. The predicted octanol–water partition coefficient (Wildman–Crippen LogP) is 4.78. The fraction of sp³-hybridized carbons (Fsp3) is 0.176. The molecule has 0 N–H and O–H groups in total. The first kappa shape index (κ1) is 18.1. The zero-order chi connectivity index (χ0) is 18.5. The smallest absolute Gasteiger partial charge is 0.387 e. The van der Waals surface area contributed by atoms with Gasteiger partial charge in [0, 0.05) is 5.75 Å². The minimum atomic E-state index is -2.93. The molecule has 1 heterocycles. The molecule has 0 saturated carbocycles. The number of benzene rings is 2. The number of nitrogens with zero attached hydrogens (tertiary/aromatic N) is 2. The van der Waals surface area contributed by atoms with Crippen LogP contribution in [0.2, 0.25) is 0 Å². The van der Waals surface area contributed by atoms with Gasteiger partial charge in [-0.25, -0.2) is 4.39 Å². The maximum atomic E-state index is 13.7. The van der Waals surface area contributed by atoms with Crippen molar-refractivity contribution in [2.45, 2.75) is 17.6 Å². The van der Waals surface area contributed by atoms with E-state index in [0.717, 1.165) is 5.56 Å². The average Bonchev–Trinajstić information content (AvgIpc) is 3.09. The highest BCUT2D eigenvalue weighted by molar-refractivity contribution is 7.98. The van der Waals surface area contributed by atoms with Crippen molar-refractivity contribution in [2.24, 2.45) is 0 Å². The Morgan fingerprint density at radius 2 is 1.92 bits per heavy atom. The molecule has 0 amide bonds. The number of hydrogen-bond donors (Lipinski definition) is 0. The van der Waals surface area contributed by atoms with Crippen LogP contribution in [0.3, 0.4) is 0 Å². The van der Waals surface area contributed by atoms with E-state index in [2.05, 4.69) is 14.9 Å². The van der Waals surface area contributed by atoms with Crippen LogP contribution in [0, 0.1) is 5.82 Å². The monoisotopic (exact) mass is 382 g/mol. The topological polar surface area (TPSA) is 57.4 Å². The normalized spacial score (nSPS) is 11.0. The Labute approximate surface area is 151 Å². The van der Waals surface area contributed by atoms with Crippen LogP contribution >= 0.6 is 11.8 Å². The quantitative estimate of drug-likeness (QED) is 0.548. The van der Waals surface area contributed by atoms with E-state index in [9.17, 15) is 13.2 Å². The number of methoxy groups -OCH3 is 1. The van der Waals surface area contributed by atoms with E-state index in [1.807, 2.05) is 0 Å². The Bertz CT molecular complexity index is 889. The molecule has 0 saturated heterocycles. The van der Waals surface area contributed by atoms with Crippen molar-refractivity contribution >= 4 is 11.8 Å². The van der Waals surface area contributed by atoms with Crippen molar-refractivity contribution in [3.8, 4) is 23.0 Å². The molecule has 0 unspecified atom stereocenters. The molecule has 0 bridgehead atoms. The summed E-state index contributed by atoms with van der Waals surface area (Å²) in [6.07, 6.45) is 0. The molecular formula is C17H13F3N2O3S. The maximum absolute atomic E-state index is 13.7. The lowest BCUT2D eigenvalue weighted by atomic mass is 10.2. The number of thioether (sulfide) groups is 1. The molecule has 1 aromatic heterocycles. The zero-order valence-corrected chi connectivity index (χ0v) is 14.3. The molecule has 0 aliphatic heterocycles. The summed E-state index contributed by atoms with van der Waals surface area (Å²) in [4.78, 5) is 0. The van der Waals surface area contributed by atoms with Gasteiger partial charge >= 0.3 is 6.61 Å². The van der Waals surface area contributed by atoms with Gasteiger partial charge in [-0.05, 0) is 29.8 Å². The van der Waals surface area contributed by atoms with Gasteiger partial charge in [0.1, 0.15) is 5.82 Å². The molecule has 0 radical (unpaired) electrons. The first-order chi connectivity index (χ1) is 12.6. The zero-order valence-electron chi connectivity index (χ0n) is 13.5. The molecule has 0 atom stereocenters. The second kappa shape index (κ2) is 8.13. The van der Waals surface area contributed by atoms with Gasteiger partial charge in [0.05, 0.1) is 12.7 Å². The second-order valence-corrected chi connectivity index (χ2v) is 5.93. The summed E-state index contributed by atoms with van der Waals surface area (Å²) >= 11 is 1.23. The molecule has 0 aliphatic rings. The Morgan fingerprint density at radius 1 is 1.12 bits per heavy atom. The third kappa shape index (κ3) is 4.29. The van der Waals surface area contributed by atoms with Gasteiger partial charge in [0.15, 0.2) is 11.5 Å². The third-order valence-electron chi connectivity index (χ3n) is 3.32. The van der Waals surface area contributed by atoms with E-state index >= 15 is 0 Å². The number of aromatic nitrogens is 2. The van der Waals surface area contributed by atoms with Crippen LogP contribution in [0.5, 0.6) is 11.5 Å². The first-order valence-corrected chi connectivity index (χ1v) is 8.38. The average molecular weight is 382 g/mol. The molecule has 136 valence electrons. The highest BCUT2D eigenvalue weighted by Gasteiger charge is 2.14. The van der Waals surface area contributed by atoms with Gasteiger partial charge < -0.3 is 13.9 Å². The van der Waals surface area contributed by atoms with Crippen molar-refractivity contribution < 1.29 is 27.1 Å². The third-order valence-corrected chi connectivity index (χ3v) is 4.21. The largest absolute Gasteiger partial charge is 0.493 e. The molecule has 26 heavy (non-hydrogen) atoms. The van der Waals surface area contributed by atoms with Crippen LogP contribution in [0.15, 0.2) is 52.1 Å². The summed E-state index contributed by atoms with van der Waals surface area (Å²) in [6, 6.07) is 10.7. The van der Waals surface area contributed by atoms with Crippen molar-refractivity contribution in [3.63, 3.8) is 0 Å². The summed E-state index contributed by atoms with van der Waals surface area (Å²) < 4.78 is 53.3. The Morgan fingerprint density at radius 3 is 2.65 bits per heavy atom. The van der Waals surface area contributed by atoms with Gasteiger partial charge in [-0.2, -0.15) is 8.78 Å². The van der Waals surface area contributed by atoms with Crippen LogP contribution in [-0.2, 0) is 5.75 Å². The van der Waals surface area contributed by atoms with Crippen molar-refractivity contribution in [2.75, 3.05) is 7.11 Å². The standard InChI is InChI=1S/C17H13F3N2O3S/c1-23-14-8-10(6-7-13(14)24-16(19)20)9-26-17-22-21-15(25-17)11-4-2-3-5-12(11)18/h2-8,16H,9H2,1H3. The molecule has 0 spiro atoms. The van der Waals surface area contributed by atoms with Gasteiger partial charge in [-0.1, -0.05) is 30.0 Å². The van der Waals surface area contributed by atoms with Crippen molar-refractivity contribution in [1.82, 2.24) is 10.2 Å². The van der Waals surface area contributed by atoms with Crippen LogP contribution in [-0.4, -0.2) is 23.9 Å². The van der Waals surface area contributed by atoms with E-state index in [-0.39, 0.29) is 28.2 Å². The van der Waals surface area contributed by atoms with Gasteiger partial charge in [0.25, 0.3) is 11.1 Å². The van der Waals surface area contributed by atoms with Crippen LogP contribution < -0.4 is 9.47 Å². The number of alkyl halides is 2. The molecule has 3 rings (SSSR count). The summed E-state index contributed by atoms with van der Waals surface area (Å²) in [7, 11) is 1.36. The van der Waals surface area contributed by atoms with Crippen LogP contribution in [0.1, 0.15) is 5.56 Å². The number of halogens is 3. The highest BCUT2D eigenvalue weighted by Crippen LogP contribution is 2.32. The molecular weight excluding hydrogens is 369 g/mol. The molecule has 0 fully saturated rings. The Balaban J connectivity index is 1.69. The second-order valence-electron chi connectivity index (χ2n) is 5.01. The van der Waals surface area contributed by atoms with E-state index in [1.54, 1.807) is 30.3 Å². The lowest BCUT2D eigenvalue weighted by Gasteiger charge is -2.10. The maximum Gasteiger partial charge on any atom is 0.387 e. The van der Waals surface area contributed by atoms with Crippen LogP contribution in [0.4, 0.5) is 13.2 Å². The highest BCUT2D eigenvalue weighted by atomic mass is 32.2. The molecule has 0 aliphatic carbocycles. The van der Waals surface area contributed by atoms with Gasteiger partial charge in [-0.3, -0.25) is 0 Å². The number of ether oxygens (including phenoxy) is 2. The number of hydrogen-bond acceptors (Lipinski definition) is 6. The molecule has 2 aromatic carbocycles. The van der Waals surface area contributed by atoms with E-state index in [1.165, 1.54) is 31.0 Å². The fourth-order valence-electron chi connectivity index (χ4n) is 2.15. The van der Waals surface area contributed by atoms with Crippen molar-refractivity contribution in [3.05, 3.63) is 53.8 Å². The minimum Gasteiger partial charge on any atom is -0.493 e. The molecule has 9 heteroatoms. The Hall–Kier alpha value is -2.68.